The molecule has 0 saturated heterocycles. The molecule has 0 fully saturated rings. The maximum absolute atomic E-state index is 6.31. The van der Waals surface area contributed by atoms with Crippen LogP contribution in [0.3, 0.4) is 0 Å². The van der Waals surface area contributed by atoms with Crippen LogP contribution < -0.4 is 0 Å². The predicted octanol–water partition coefficient (Wildman–Crippen LogP) is 10.4. The minimum Gasteiger partial charge on any atom is -0.139 e. The summed E-state index contributed by atoms with van der Waals surface area (Å²) in [6.45, 7) is 15.6. The van der Waals surface area contributed by atoms with Crippen LogP contribution in [-0.4, -0.2) is 0 Å². The second kappa shape index (κ2) is 14.7. The van der Waals surface area contributed by atoms with Gasteiger partial charge in [-0.2, -0.15) is 0 Å². The van der Waals surface area contributed by atoms with Gasteiger partial charge in [0.05, 0.1) is 5.02 Å². The van der Waals surface area contributed by atoms with E-state index in [-0.39, 0.29) is 0 Å². The Morgan fingerprint density at radius 3 is 1.83 bits per heavy atom. The van der Waals surface area contributed by atoms with Gasteiger partial charge in [-0.3, -0.25) is 0 Å². The van der Waals surface area contributed by atoms with Gasteiger partial charge < -0.3 is 0 Å². The molecule has 3 rings (SSSR count). The number of rotatable bonds is 6. The monoisotopic (exact) mass is 444 g/mol. The minimum absolute atomic E-state index is 0.659. The normalized spacial score (nSPS) is 10.8. The lowest BCUT2D eigenvalue weighted by molar-refractivity contribution is 0.550. The molecule has 2 heteroatoms. The Hall–Kier alpha value is -1.31. The van der Waals surface area contributed by atoms with Crippen LogP contribution in [0.4, 0.5) is 0 Å². The highest BCUT2D eigenvalue weighted by Gasteiger charge is 2.10. The van der Waals surface area contributed by atoms with Gasteiger partial charge in [-0.25, -0.2) is 0 Å². The third kappa shape index (κ3) is 10.1. The van der Waals surface area contributed by atoms with E-state index in [4.69, 9.17) is 11.6 Å². The predicted molar refractivity (Wildman–Crippen MR) is 140 cm³/mol. The van der Waals surface area contributed by atoms with Gasteiger partial charge in [-0.15, -0.1) is 11.3 Å². The van der Waals surface area contributed by atoms with Gasteiger partial charge in [0.1, 0.15) is 0 Å². The number of hydrogen-bond acceptors (Lipinski definition) is 1. The Bertz CT molecular complexity index is 815. The molecule has 0 atom stereocenters. The number of unbranched alkanes of at least 4 members (excludes halogenated alkanes) is 1. The molecule has 0 bridgehead atoms. The first-order valence-electron chi connectivity index (χ1n) is 11.5. The van der Waals surface area contributed by atoms with E-state index in [0.717, 1.165) is 17.4 Å². The van der Waals surface area contributed by atoms with Gasteiger partial charge in [0, 0.05) is 15.0 Å². The summed E-state index contributed by atoms with van der Waals surface area (Å²) in [6, 6.07) is 18.9. The second-order valence-electron chi connectivity index (χ2n) is 9.03. The van der Waals surface area contributed by atoms with Crippen LogP contribution in [0.1, 0.15) is 84.1 Å². The summed E-state index contributed by atoms with van der Waals surface area (Å²) in [4.78, 5) is 1.32. The van der Waals surface area contributed by atoms with Crippen LogP contribution >= 0.6 is 22.9 Å². The summed E-state index contributed by atoms with van der Waals surface area (Å²) in [5.41, 5.74) is 1.41. The smallest absolute Gasteiger partial charge is 0.0623 e. The molecule has 30 heavy (non-hydrogen) atoms. The van der Waals surface area contributed by atoms with Crippen molar-refractivity contribution in [3.8, 4) is 0 Å². The standard InChI is InChI=1S/C12H13ClS.C9H12.C7H16/c1-8(2)7-11-12(13)9-5-3-4-6-10(9)14-11;1-8(2)9-6-4-3-5-7-9;1-4-5-6-7(2)3/h3-6,8H,7H2,1-2H3;3-8H,1-2H3;7H,4-6H2,1-3H3. The lowest BCUT2D eigenvalue weighted by Crippen LogP contribution is -1.90. The van der Waals surface area contributed by atoms with E-state index < -0.39 is 0 Å². The number of thiophene rings is 1. The van der Waals surface area contributed by atoms with Crippen LogP contribution in [0.2, 0.25) is 5.02 Å². The van der Waals surface area contributed by atoms with Crippen molar-refractivity contribution in [2.24, 2.45) is 11.8 Å². The van der Waals surface area contributed by atoms with E-state index in [1.165, 1.54) is 39.8 Å². The molecule has 0 nitrogen and oxygen atoms in total. The van der Waals surface area contributed by atoms with E-state index >= 15 is 0 Å². The Kier molecular flexibility index (Phi) is 13.1. The third-order valence-electron chi connectivity index (χ3n) is 4.80. The van der Waals surface area contributed by atoms with Gasteiger partial charge in [0.25, 0.3) is 0 Å². The lowest BCUT2D eigenvalue weighted by atomic mass is 10.0. The third-order valence-corrected chi connectivity index (χ3v) is 6.53. The highest BCUT2D eigenvalue weighted by molar-refractivity contribution is 7.19. The van der Waals surface area contributed by atoms with Gasteiger partial charge in [-0.1, -0.05) is 128 Å². The highest BCUT2D eigenvalue weighted by Crippen LogP contribution is 2.36. The van der Waals surface area contributed by atoms with Crippen LogP contribution in [0.15, 0.2) is 54.6 Å². The van der Waals surface area contributed by atoms with Crippen molar-refractivity contribution in [3.05, 3.63) is 70.1 Å². The number of fused-ring (bicyclic) bond motifs is 1. The highest BCUT2D eigenvalue weighted by atomic mass is 35.5. The average molecular weight is 445 g/mol. The molecule has 0 amide bonds. The molecule has 0 aliphatic carbocycles. The molecular weight excluding hydrogens is 404 g/mol. The van der Waals surface area contributed by atoms with Crippen LogP contribution in [-0.2, 0) is 6.42 Å². The SMILES string of the molecule is CC(C)Cc1sc2ccccc2c1Cl.CC(C)c1ccccc1.CCCCC(C)C. The van der Waals surface area contributed by atoms with Crippen molar-refractivity contribution in [1.82, 2.24) is 0 Å². The molecule has 0 aliphatic rings. The zero-order valence-electron chi connectivity index (χ0n) is 20.0. The lowest BCUT2D eigenvalue weighted by Gasteiger charge is -2.01. The number of benzene rings is 2. The summed E-state index contributed by atoms with van der Waals surface area (Å²) in [5, 5.41) is 2.16. The maximum Gasteiger partial charge on any atom is 0.0623 e. The van der Waals surface area contributed by atoms with Crippen LogP contribution in [0.25, 0.3) is 10.1 Å². The van der Waals surface area contributed by atoms with Crippen molar-refractivity contribution in [3.63, 3.8) is 0 Å². The topological polar surface area (TPSA) is 0 Å². The molecule has 0 saturated carbocycles. The summed E-state index contributed by atoms with van der Waals surface area (Å²) < 4.78 is 1.30. The fraction of sp³-hybridized carbons (Fsp3) is 0.500. The van der Waals surface area contributed by atoms with Gasteiger partial charge in [0.2, 0.25) is 0 Å². The average Bonchev–Trinajstić information content (AvgIpc) is 3.03. The number of halogens is 1. The van der Waals surface area contributed by atoms with Crippen molar-refractivity contribution < 1.29 is 0 Å². The zero-order valence-corrected chi connectivity index (χ0v) is 21.6. The molecule has 0 N–H and O–H groups in total. The van der Waals surface area contributed by atoms with E-state index in [0.29, 0.717) is 11.8 Å². The first kappa shape index (κ1) is 26.7. The van der Waals surface area contributed by atoms with Crippen molar-refractivity contribution in [2.45, 2.75) is 80.1 Å². The van der Waals surface area contributed by atoms with E-state index in [9.17, 15) is 0 Å². The summed E-state index contributed by atoms with van der Waals surface area (Å²) in [5.74, 6) is 2.23. The fourth-order valence-electron chi connectivity index (χ4n) is 3.02. The molecule has 3 aromatic rings. The van der Waals surface area contributed by atoms with E-state index in [1.54, 1.807) is 0 Å². The van der Waals surface area contributed by atoms with E-state index in [2.05, 4.69) is 90.9 Å². The molecule has 0 spiro atoms. The van der Waals surface area contributed by atoms with Gasteiger partial charge in [0.15, 0.2) is 0 Å². The fourth-order valence-corrected chi connectivity index (χ4v) is 4.74. The van der Waals surface area contributed by atoms with Crippen LogP contribution in [0.5, 0.6) is 0 Å². The molecule has 0 radical (unpaired) electrons. The second-order valence-corrected chi connectivity index (χ2v) is 10.5. The Balaban J connectivity index is 0.000000244. The molecule has 1 aromatic heterocycles. The Morgan fingerprint density at radius 2 is 1.40 bits per heavy atom. The Labute approximate surface area is 194 Å². The Morgan fingerprint density at radius 1 is 0.800 bits per heavy atom. The molecular formula is C28H41ClS. The molecule has 1 heterocycles. The van der Waals surface area contributed by atoms with Crippen molar-refractivity contribution >= 4 is 33.0 Å². The van der Waals surface area contributed by atoms with Crippen molar-refractivity contribution in [2.75, 3.05) is 0 Å². The van der Waals surface area contributed by atoms with Gasteiger partial charge in [-0.05, 0) is 35.8 Å². The largest absolute Gasteiger partial charge is 0.139 e. The first-order chi connectivity index (χ1) is 14.3. The quantitative estimate of drug-likeness (QED) is 0.354. The first-order valence-corrected chi connectivity index (χ1v) is 12.7. The van der Waals surface area contributed by atoms with Crippen LogP contribution in [0, 0.1) is 11.8 Å². The summed E-state index contributed by atoms with van der Waals surface area (Å²) >= 11 is 8.13. The zero-order chi connectivity index (χ0) is 22.5. The minimum atomic E-state index is 0.659. The van der Waals surface area contributed by atoms with E-state index in [1.807, 2.05) is 23.5 Å². The van der Waals surface area contributed by atoms with Gasteiger partial charge >= 0.3 is 0 Å². The molecule has 0 aliphatic heterocycles. The molecule has 2 aromatic carbocycles. The van der Waals surface area contributed by atoms with Crippen molar-refractivity contribution in [1.29, 1.82) is 0 Å². The number of hydrogen-bond donors (Lipinski definition) is 0. The molecule has 166 valence electrons. The summed E-state index contributed by atoms with van der Waals surface area (Å²) in [6.07, 6.45) is 5.23. The molecule has 0 unspecified atom stereocenters. The maximum atomic E-state index is 6.31. The summed E-state index contributed by atoms with van der Waals surface area (Å²) in [7, 11) is 0.